The molecule has 0 spiro atoms. The molecular formula is C12H18N2OS. The minimum atomic E-state index is 0.109. The second-order valence-electron chi connectivity index (χ2n) is 4.64. The Morgan fingerprint density at radius 3 is 2.56 bits per heavy atom. The van der Waals surface area contributed by atoms with Crippen LogP contribution in [0.15, 0.2) is 5.38 Å². The molecule has 0 aromatic carbocycles. The van der Waals surface area contributed by atoms with Crippen LogP contribution in [0, 0.1) is 6.92 Å². The summed E-state index contributed by atoms with van der Waals surface area (Å²) >= 11 is 1.45. The summed E-state index contributed by atoms with van der Waals surface area (Å²) in [5, 5.41) is 2.57. The van der Waals surface area contributed by atoms with Gasteiger partial charge in [0.15, 0.2) is 5.01 Å². The van der Waals surface area contributed by atoms with Gasteiger partial charge in [-0.25, -0.2) is 4.98 Å². The van der Waals surface area contributed by atoms with Gasteiger partial charge in [-0.1, -0.05) is 0 Å². The highest BCUT2D eigenvalue weighted by molar-refractivity contribution is 7.11. The lowest BCUT2D eigenvalue weighted by Gasteiger charge is -2.38. The van der Waals surface area contributed by atoms with Gasteiger partial charge in [0.05, 0.1) is 0 Å². The molecule has 1 aliphatic heterocycles. The molecule has 4 heteroatoms. The van der Waals surface area contributed by atoms with E-state index in [1.54, 1.807) is 0 Å². The molecule has 1 amide bonds. The summed E-state index contributed by atoms with van der Waals surface area (Å²) in [6.07, 6.45) is 3.45. The molecule has 2 rings (SSSR count). The van der Waals surface area contributed by atoms with Gasteiger partial charge in [0, 0.05) is 23.2 Å². The summed E-state index contributed by atoms with van der Waals surface area (Å²) in [5.74, 6) is 0.109. The van der Waals surface area contributed by atoms with E-state index < -0.39 is 0 Å². The summed E-state index contributed by atoms with van der Waals surface area (Å²) in [6.45, 7) is 6.19. The number of aromatic nitrogens is 1. The molecule has 1 saturated heterocycles. The fourth-order valence-electron chi connectivity index (χ4n) is 2.38. The molecule has 0 N–H and O–H groups in total. The highest BCUT2D eigenvalue weighted by atomic mass is 32.1. The Kier molecular flexibility index (Phi) is 3.28. The summed E-state index contributed by atoms with van der Waals surface area (Å²) in [4.78, 5) is 18.6. The molecule has 2 atom stereocenters. The van der Waals surface area contributed by atoms with Crippen LogP contribution in [0.2, 0.25) is 0 Å². The molecule has 0 saturated carbocycles. The SMILES string of the molecule is Cc1csc(C(=O)N2C(C)CCCC2C)n1. The van der Waals surface area contributed by atoms with Crippen molar-refractivity contribution in [2.45, 2.75) is 52.1 Å². The zero-order valence-electron chi connectivity index (χ0n) is 10.1. The van der Waals surface area contributed by atoms with Gasteiger partial charge < -0.3 is 4.90 Å². The highest BCUT2D eigenvalue weighted by Gasteiger charge is 2.30. The molecule has 1 aliphatic rings. The zero-order valence-corrected chi connectivity index (χ0v) is 10.9. The average Bonchev–Trinajstić information content (AvgIpc) is 2.64. The first-order valence-electron chi connectivity index (χ1n) is 5.84. The predicted octanol–water partition coefficient (Wildman–Crippen LogP) is 2.85. The van der Waals surface area contributed by atoms with Crippen LogP contribution in [-0.2, 0) is 0 Å². The number of aryl methyl sites for hydroxylation is 1. The third-order valence-electron chi connectivity index (χ3n) is 3.23. The Morgan fingerprint density at radius 1 is 1.44 bits per heavy atom. The minimum Gasteiger partial charge on any atom is -0.331 e. The highest BCUT2D eigenvalue weighted by Crippen LogP contribution is 2.25. The van der Waals surface area contributed by atoms with Gasteiger partial charge in [0.1, 0.15) is 0 Å². The van der Waals surface area contributed by atoms with Crippen molar-refractivity contribution in [3.05, 3.63) is 16.1 Å². The largest absolute Gasteiger partial charge is 0.331 e. The van der Waals surface area contributed by atoms with E-state index in [1.165, 1.54) is 17.8 Å². The molecule has 0 radical (unpaired) electrons. The number of nitrogens with zero attached hydrogens (tertiary/aromatic N) is 2. The molecule has 1 aromatic heterocycles. The maximum absolute atomic E-state index is 12.3. The first-order chi connectivity index (χ1) is 7.59. The molecule has 2 heterocycles. The van der Waals surface area contributed by atoms with E-state index in [0.717, 1.165) is 18.5 Å². The van der Waals surface area contributed by atoms with Crippen LogP contribution < -0.4 is 0 Å². The number of likely N-dealkylation sites (tertiary alicyclic amines) is 1. The van der Waals surface area contributed by atoms with Gasteiger partial charge in [-0.3, -0.25) is 4.79 Å². The lowest BCUT2D eigenvalue weighted by atomic mass is 9.97. The van der Waals surface area contributed by atoms with Crippen molar-refractivity contribution >= 4 is 17.2 Å². The van der Waals surface area contributed by atoms with Crippen LogP contribution in [0.3, 0.4) is 0 Å². The van der Waals surface area contributed by atoms with E-state index in [4.69, 9.17) is 0 Å². The van der Waals surface area contributed by atoms with E-state index in [2.05, 4.69) is 18.8 Å². The van der Waals surface area contributed by atoms with Crippen molar-refractivity contribution in [1.29, 1.82) is 0 Å². The Balaban J connectivity index is 2.19. The van der Waals surface area contributed by atoms with E-state index in [0.29, 0.717) is 17.1 Å². The van der Waals surface area contributed by atoms with Crippen LogP contribution in [0.25, 0.3) is 0 Å². The maximum Gasteiger partial charge on any atom is 0.283 e. The van der Waals surface area contributed by atoms with Crippen molar-refractivity contribution in [1.82, 2.24) is 9.88 Å². The average molecular weight is 238 g/mol. The molecule has 2 unspecified atom stereocenters. The number of carbonyl (C=O) groups is 1. The van der Waals surface area contributed by atoms with Gasteiger partial charge in [-0.2, -0.15) is 0 Å². The summed E-state index contributed by atoms with van der Waals surface area (Å²) in [5.41, 5.74) is 0.936. The number of thiazole rings is 1. The van der Waals surface area contributed by atoms with Gasteiger partial charge in [0.25, 0.3) is 5.91 Å². The van der Waals surface area contributed by atoms with Crippen molar-refractivity contribution in [2.75, 3.05) is 0 Å². The molecule has 16 heavy (non-hydrogen) atoms. The Labute approximate surface area is 100 Å². The first-order valence-corrected chi connectivity index (χ1v) is 6.72. The number of carbonyl (C=O) groups excluding carboxylic acids is 1. The van der Waals surface area contributed by atoms with Gasteiger partial charge in [-0.15, -0.1) is 11.3 Å². The minimum absolute atomic E-state index is 0.109. The molecule has 3 nitrogen and oxygen atoms in total. The molecule has 0 bridgehead atoms. The summed E-state index contributed by atoms with van der Waals surface area (Å²) < 4.78 is 0. The van der Waals surface area contributed by atoms with E-state index in [-0.39, 0.29) is 5.91 Å². The number of amides is 1. The van der Waals surface area contributed by atoms with Crippen LogP contribution in [0.5, 0.6) is 0 Å². The third-order valence-corrected chi connectivity index (χ3v) is 4.18. The topological polar surface area (TPSA) is 33.2 Å². The van der Waals surface area contributed by atoms with E-state index in [9.17, 15) is 4.79 Å². The monoisotopic (exact) mass is 238 g/mol. The maximum atomic E-state index is 12.3. The van der Waals surface area contributed by atoms with Crippen LogP contribution in [0.4, 0.5) is 0 Å². The molecular weight excluding hydrogens is 220 g/mol. The van der Waals surface area contributed by atoms with Crippen LogP contribution >= 0.6 is 11.3 Å². The Bertz CT molecular complexity index is 378. The fraction of sp³-hybridized carbons (Fsp3) is 0.667. The fourth-order valence-corrected chi connectivity index (χ4v) is 3.12. The van der Waals surface area contributed by atoms with Gasteiger partial charge in [0.2, 0.25) is 0 Å². The smallest absolute Gasteiger partial charge is 0.283 e. The first kappa shape index (κ1) is 11.6. The summed E-state index contributed by atoms with van der Waals surface area (Å²) in [7, 11) is 0. The second kappa shape index (κ2) is 4.53. The number of hydrogen-bond acceptors (Lipinski definition) is 3. The predicted molar refractivity (Wildman–Crippen MR) is 65.8 cm³/mol. The lowest BCUT2D eigenvalue weighted by molar-refractivity contribution is 0.0510. The third kappa shape index (κ3) is 2.12. The van der Waals surface area contributed by atoms with Crippen molar-refractivity contribution in [3.63, 3.8) is 0 Å². The molecule has 1 aromatic rings. The van der Waals surface area contributed by atoms with Crippen molar-refractivity contribution < 1.29 is 4.79 Å². The van der Waals surface area contributed by atoms with Gasteiger partial charge >= 0.3 is 0 Å². The van der Waals surface area contributed by atoms with Crippen LogP contribution in [0.1, 0.15) is 48.6 Å². The van der Waals surface area contributed by atoms with Crippen LogP contribution in [-0.4, -0.2) is 27.9 Å². The number of hydrogen-bond donors (Lipinski definition) is 0. The zero-order chi connectivity index (χ0) is 11.7. The Morgan fingerprint density at radius 2 is 2.06 bits per heavy atom. The lowest BCUT2D eigenvalue weighted by Crippen LogP contribution is -2.47. The quantitative estimate of drug-likeness (QED) is 0.753. The van der Waals surface area contributed by atoms with E-state index in [1.807, 2.05) is 17.2 Å². The molecule has 88 valence electrons. The van der Waals surface area contributed by atoms with E-state index >= 15 is 0 Å². The van der Waals surface area contributed by atoms with Crippen molar-refractivity contribution in [2.24, 2.45) is 0 Å². The standard InChI is InChI=1S/C12H18N2OS/c1-8-7-16-11(13-8)12(15)14-9(2)5-4-6-10(14)3/h7,9-10H,4-6H2,1-3H3. The second-order valence-corrected chi connectivity index (χ2v) is 5.49. The van der Waals surface area contributed by atoms with Gasteiger partial charge in [-0.05, 0) is 40.0 Å². The molecule has 1 fully saturated rings. The Hall–Kier alpha value is -0.900. The number of piperidine rings is 1. The normalized spacial score (nSPS) is 25.8. The van der Waals surface area contributed by atoms with Crippen molar-refractivity contribution in [3.8, 4) is 0 Å². The molecule has 0 aliphatic carbocycles. The summed E-state index contributed by atoms with van der Waals surface area (Å²) in [6, 6.07) is 0.695. The number of rotatable bonds is 1.